The molecular formula is C48H50N3OSi+. The number of aromatic nitrogens is 2. The van der Waals surface area contributed by atoms with Crippen molar-refractivity contribution >= 4 is 13.6 Å². The van der Waals surface area contributed by atoms with E-state index in [0.29, 0.717) is 6.04 Å². The first-order valence-electron chi connectivity index (χ1n) is 20.4. The lowest BCUT2D eigenvalue weighted by Gasteiger charge is -2.45. The van der Waals surface area contributed by atoms with Crippen LogP contribution in [0, 0.1) is 0 Å². The molecule has 12 rings (SSSR count). The summed E-state index contributed by atoms with van der Waals surface area (Å²) in [5.41, 5.74) is 12.9. The van der Waals surface area contributed by atoms with Crippen LogP contribution in [0.15, 0.2) is 125 Å². The van der Waals surface area contributed by atoms with Crippen molar-refractivity contribution in [2.45, 2.75) is 119 Å². The van der Waals surface area contributed by atoms with Crippen LogP contribution < -0.4 is 9.30 Å². The van der Waals surface area contributed by atoms with Crippen LogP contribution >= 0.6 is 0 Å². The maximum absolute atomic E-state index is 7.23. The number of ether oxygens (including phenoxy) is 1. The van der Waals surface area contributed by atoms with E-state index in [1.807, 2.05) is 0 Å². The molecule has 0 N–H and O–H groups in total. The first kappa shape index (κ1) is 31.0. The van der Waals surface area contributed by atoms with Crippen molar-refractivity contribution in [2.75, 3.05) is 0 Å². The summed E-state index contributed by atoms with van der Waals surface area (Å²) in [5.74, 6) is 2.71. The molecule has 9 aliphatic rings. The van der Waals surface area contributed by atoms with Gasteiger partial charge in [-0.3, -0.25) is 0 Å². The third kappa shape index (κ3) is 3.41. The van der Waals surface area contributed by atoms with E-state index >= 15 is 0 Å². The highest BCUT2D eigenvalue weighted by molar-refractivity contribution is 6.83. The second kappa shape index (κ2) is 10.0. The van der Waals surface area contributed by atoms with E-state index in [2.05, 4.69) is 151 Å². The molecule has 7 atom stereocenters. The van der Waals surface area contributed by atoms with Crippen LogP contribution in [-0.2, 0) is 23.8 Å². The number of para-hydroxylation sites is 1. The summed E-state index contributed by atoms with van der Waals surface area (Å²) in [7, 11) is -1.60. The molecule has 2 aromatic carbocycles. The van der Waals surface area contributed by atoms with E-state index < -0.39 is 8.07 Å². The zero-order valence-electron chi connectivity index (χ0n) is 31.8. The number of hydrogen-bond donors (Lipinski definition) is 0. The maximum Gasteiger partial charge on any atom is 0.290 e. The van der Waals surface area contributed by atoms with Gasteiger partial charge in [0.1, 0.15) is 34.8 Å². The minimum atomic E-state index is -1.60. The normalized spacial score (nSPS) is 34.7. The Hall–Kier alpha value is -4.35. The standard InChI is InChI=1S/C48H50N3OSi/c1-46-36-20-10-8-19-35(36)38-28-25-31(53(3,4)5)29-49(38)47(46,2)48(46)37-27-26-34-33-18-9-13-24-42(33)52-44(34)43(37)45-50(40-21-11-12-22-41(40)51(45)48)39-23-14-16-30-15-6-7-17-32(30)39/h7-10,13-14,16-20,24-29,34,38-39,44H,6,11-12,15,21-23H2,1-5H3/q+1. The Morgan fingerprint density at radius 1 is 0.849 bits per heavy atom. The van der Waals surface area contributed by atoms with Gasteiger partial charge >= 0.3 is 0 Å². The van der Waals surface area contributed by atoms with Gasteiger partial charge in [-0.25, -0.2) is 9.13 Å². The fraction of sp³-hybridized carbons (Fsp3) is 0.396. The quantitative estimate of drug-likeness (QED) is 0.195. The summed E-state index contributed by atoms with van der Waals surface area (Å²) in [4.78, 5) is 2.86. The number of allylic oxidation sites excluding steroid dienone is 9. The summed E-state index contributed by atoms with van der Waals surface area (Å²) >= 11 is 0. The molecule has 0 bridgehead atoms. The van der Waals surface area contributed by atoms with E-state index in [1.54, 1.807) is 16.6 Å². The Kier molecular flexibility index (Phi) is 5.88. The van der Waals surface area contributed by atoms with Crippen molar-refractivity contribution in [3.8, 4) is 5.75 Å². The summed E-state index contributed by atoms with van der Waals surface area (Å²) in [6.07, 6.45) is 30.6. The first-order chi connectivity index (χ1) is 25.7. The highest BCUT2D eigenvalue weighted by Crippen LogP contribution is 2.83. The van der Waals surface area contributed by atoms with Gasteiger partial charge in [0.2, 0.25) is 0 Å². The lowest BCUT2D eigenvalue weighted by Crippen LogP contribution is -2.48. The molecule has 53 heavy (non-hydrogen) atoms. The van der Waals surface area contributed by atoms with Gasteiger partial charge < -0.3 is 9.64 Å². The zero-order valence-corrected chi connectivity index (χ0v) is 32.8. The van der Waals surface area contributed by atoms with E-state index in [0.717, 1.165) is 37.9 Å². The number of nitrogens with zero attached hydrogens (tertiary/aromatic N) is 3. The van der Waals surface area contributed by atoms with Gasteiger partial charge in [-0.05, 0) is 79.3 Å². The molecular weight excluding hydrogens is 663 g/mol. The molecule has 1 aromatic heterocycles. The largest absolute Gasteiger partial charge is 0.484 e. The summed E-state index contributed by atoms with van der Waals surface area (Å²) in [6.45, 7) is 12.8. The highest BCUT2D eigenvalue weighted by atomic mass is 28.3. The van der Waals surface area contributed by atoms with Crippen LogP contribution in [0.3, 0.4) is 0 Å². The van der Waals surface area contributed by atoms with Crippen LogP contribution in [0.1, 0.15) is 97.9 Å². The Morgan fingerprint density at radius 2 is 1.66 bits per heavy atom. The first-order valence-corrected chi connectivity index (χ1v) is 23.9. The monoisotopic (exact) mass is 712 g/mol. The number of rotatable bonds is 2. The maximum atomic E-state index is 7.23. The van der Waals surface area contributed by atoms with Crippen molar-refractivity contribution in [2.24, 2.45) is 0 Å². The molecule has 1 spiro atoms. The summed E-state index contributed by atoms with van der Waals surface area (Å²) < 4.78 is 13.1. The third-order valence-electron chi connectivity index (χ3n) is 15.5. The molecule has 5 heterocycles. The summed E-state index contributed by atoms with van der Waals surface area (Å²) in [6, 6.07) is 18.8. The minimum Gasteiger partial charge on any atom is -0.484 e. The molecule has 3 aromatic rings. The lowest BCUT2D eigenvalue weighted by atomic mass is 9.78. The van der Waals surface area contributed by atoms with Crippen molar-refractivity contribution < 1.29 is 9.30 Å². The molecule has 0 saturated heterocycles. The van der Waals surface area contributed by atoms with Crippen LogP contribution in [0.2, 0.25) is 19.6 Å². The molecule has 0 amide bonds. The lowest BCUT2D eigenvalue weighted by molar-refractivity contribution is -0.722. The van der Waals surface area contributed by atoms with E-state index in [1.165, 1.54) is 57.6 Å². The topological polar surface area (TPSA) is 21.3 Å². The van der Waals surface area contributed by atoms with Crippen molar-refractivity contribution in [3.63, 3.8) is 0 Å². The van der Waals surface area contributed by atoms with Gasteiger partial charge in [-0.2, -0.15) is 0 Å². The van der Waals surface area contributed by atoms with Crippen LogP contribution in [0.4, 0.5) is 0 Å². The van der Waals surface area contributed by atoms with Crippen LogP contribution in [0.25, 0.3) is 5.57 Å². The predicted molar refractivity (Wildman–Crippen MR) is 214 cm³/mol. The van der Waals surface area contributed by atoms with E-state index in [9.17, 15) is 0 Å². The van der Waals surface area contributed by atoms with Gasteiger partial charge in [-0.15, -0.1) is 0 Å². The van der Waals surface area contributed by atoms with E-state index in [4.69, 9.17) is 4.74 Å². The molecule has 1 saturated carbocycles. The fourth-order valence-electron chi connectivity index (χ4n) is 13.0. The second-order valence-corrected chi connectivity index (χ2v) is 23.6. The Balaban J connectivity index is 1.20. The van der Waals surface area contributed by atoms with Gasteiger partial charge in [0, 0.05) is 36.3 Å². The minimum absolute atomic E-state index is 0.0437. The number of benzene rings is 2. The highest BCUT2D eigenvalue weighted by Gasteiger charge is 2.95. The molecule has 266 valence electrons. The zero-order chi connectivity index (χ0) is 35.6. The average molecular weight is 713 g/mol. The molecule has 5 aliphatic carbocycles. The molecule has 1 fully saturated rings. The fourth-order valence-corrected chi connectivity index (χ4v) is 14.1. The van der Waals surface area contributed by atoms with Crippen molar-refractivity contribution in [3.05, 3.63) is 159 Å². The average Bonchev–Trinajstić information content (AvgIpc) is 3.58. The Morgan fingerprint density at radius 3 is 2.53 bits per heavy atom. The van der Waals surface area contributed by atoms with Crippen LogP contribution in [0.5, 0.6) is 5.75 Å². The number of hydrogen-bond acceptors (Lipinski definition) is 2. The third-order valence-corrected chi connectivity index (χ3v) is 17.5. The van der Waals surface area contributed by atoms with Gasteiger partial charge in [0.05, 0.1) is 25.1 Å². The molecule has 4 aliphatic heterocycles. The van der Waals surface area contributed by atoms with Gasteiger partial charge in [-0.1, -0.05) is 111 Å². The SMILES string of the molecule is CC12c3ccccc3C3C=CC([Si](C)(C)C)=CN3C1(C)C21C2=C(c3n1c1c([n+]3C3CC=CC4=C3C=CCC4)CCCC1)C1Oc3ccccc3C1C=C2. The molecule has 5 heteroatoms. The van der Waals surface area contributed by atoms with Crippen LogP contribution in [-0.4, -0.2) is 29.2 Å². The molecule has 0 radical (unpaired) electrons. The van der Waals surface area contributed by atoms with Crippen molar-refractivity contribution in [1.82, 2.24) is 9.47 Å². The smallest absolute Gasteiger partial charge is 0.290 e. The second-order valence-electron chi connectivity index (χ2n) is 18.5. The number of fused-ring (bicyclic) bond motifs is 18. The molecule has 7 unspecified atom stereocenters. The predicted octanol–water partition coefficient (Wildman–Crippen LogP) is 9.80. The summed E-state index contributed by atoms with van der Waals surface area (Å²) in [5, 5.41) is 1.54. The Labute approximate surface area is 315 Å². The van der Waals surface area contributed by atoms with Gasteiger partial charge in [0.25, 0.3) is 5.82 Å². The van der Waals surface area contributed by atoms with Crippen molar-refractivity contribution in [1.29, 1.82) is 0 Å². The number of imidazole rings is 1. The Bertz CT molecular complexity index is 2430. The van der Waals surface area contributed by atoms with E-state index in [-0.39, 0.29) is 34.6 Å². The van der Waals surface area contributed by atoms with Gasteiger partial charge in [0.15, 0.2) is 5.54 Å². The molecule has 4 nitrogen and oxygen atoms in total.